The Morgan fingerprint density at radius 1 is 1.28 bits per heavy atom. The number of halogens is 3. The van der Waals surface area contributed by atoms with Crippen LogP contribution in [-0.2, 0) is 9.53 Å². The van der Waals surface area contributed by atoms with Crippen LogP contribution >= 0.6 is 0 Å². The molecular weight excluding hydrogens is 429 g/mol. The summed E-state index contributed by atoms with van der Waals surface area (Å²) in [6.07, 6.45) is -0.0309. The third kappa shape index (κ3) is 4.71. The fraction of sp³-hybridized carbons (Fsp3) is 0.381. The number of alkyl halides is 3. The normalized spacial score (nSPS) is 23.2. The van der Waals surface area contributed by atoms with Crippen molar-refractivity contribution in [3.63, 3.8) is 0 Å². The smallest absolute Gasteiger partial charge is 0.441 e. The van der Waals surface area contributed by atoms with E-state index in [0.717, 1.165) is 12.1 Å². The van der Waals surface area contributed by atoms with Crippen LogP contribution in [0.3, 0.4) is 0 Å². The summed E-state index contributed by atoms with van der Waals surface area (Å²) in [7, 11) is 0. The number of benzene rings is 1. The van der Waals surface area contributed by atoms with E-state index in [1.165, 1.54) is 6.07 Å². The molecule has 1 saturated carbocycles. The molecule has 2 aromatic rings. The van der Waals surface area contributed by atoms with Crippen LogP contribution in [0.5, 0.6) is 5.75 Å². The number of nitrogens with zero attached hydrogens (tertiary/aromatic N) is 2. The Bertz CT molecular complexity index is 1010. The minimum absolute atomic E-state index is 0.0378. The minimum Gasteiger partial charge on any atom is -0.441 e. The first kappa shape index (κ1) is 21.7. The molecule has 1 aliphatic heterocycles. The van der Waals surface area contributed by atoms with Crippen LogP contribution in [-0.4, -0.2) is 35.5 Å². The summed E-state index contributed by atoms with van der Waals surface area (Å²) in [6.45, 7) is 0.388. The number of aromatic nitrogens is 1. The number of rotatable bonds is 4. The zero-order valence-corrected chi connectivity index (χ0v) is 16.9. The molecule has 0 atom stereocenters. The summed E-state index contributed by atoms with van der Waals surface area (Å²) in [5, 5.41) is 2.67. The number of anilines is 3. The first-order valence-electron chi connectivity index (χ1n) is 10.0. The number of hydrogen-bond donors (Lipinski definition) is 2. The van der Waals surface area contributed by atoms with Crippen molar-refractivity contribution in [2.75, 3.05) is 22.5 Å². The summed E-state index contributed by atoms with van der Waals surface area (Å²) < 4.78 is 46.5. The van der Waals surface area contributed by atoms with E-state index in [1.54, 1.807) is 29.4 Å². The lowest BCUT2D eigenvalue weighted by atomic mass is 9.78. The molecule has 1 spiro atoms. The molecule has 0 radical (unpaired) electrons. The molecule has 0 bridgehead atoms. The average molecular weight is 450 g/mol. The molecule has 1 aliphatic carbocycles. The summed E-state index contributed by atoms with van der Waals surface area (Å²) in [5.74, 6) is -1.09. The Labute approximate surface area is 181 Å². The highest BCUT2D eigenvalue weighted by molar-refractivity contribution is 5.95. The van der Waals surface area contributed by atoms with E-state index in [-0.39, 0.29) is 23.2 Å². The predicted molar refractivity (Wildman–Crippen MR) is 109 cm³/mol. The highest BCUT2D eigenvalue weighted by atomic mass is 19.4. The van der Waals surface area contributed by atoms with Gasteiger partial charge in [-0.25, -0.2) is 4.79 Å². The molecule has 32 heavy (non-hydrogen) atoms. The highest BCUT2D eigenvalue weighted by Crippen LogP contribution is 2.41. The lowest BCUT2D eigenvalue weighted by Gasteiger charge is -2.34. The van der Waals surface area contributed by atoms with Gasteiger partial charge in [-0.15, -0.1) is 13.2 Å². The van der Waals surface area contributed by atoms with Crippen molar-refractivity contribution in [1.82, 2.24) is 4.98 Å². The molecule has 2 aliphatic rings. The van der Waals surface area contributed by atoms with Gasteiger partial charge in [0.05, 0.1) is 29.8 Å². The maximum Gasteiger partial charge on any atom is 0.573 e. The molecule has 2 amide bonds. The topological polar surface area (TPSA) is 107 Å². The van der Waals surface area contributed by atoms with E-state index in [2.05, 4.69) is 15.0 Å². The molecule has 2 fully saturated rings. The number of amides is 2. The Morgan fingerprint density at radius 3 is 2.66 bits per heavy atom. The number of carbonyl (C=O) groups excluding carboxylic acids is 2. The van der Waals surface area contributed by atoms with E-state index in [4.69, 9.17) is 10.5 Å². The van der Waals surface area contributed by atoms with Crippen molar-refractivity contribution >= 4 is 29.1 Å². The SMILES string of the molecule is Nc1cc(OC(F)(F)F)ccc1NC(=O)C1CCC2(CC1)CN(c1cccnc1)C(=O)O2. The van der Waals surface area contributed by atoms with E-state index < -0.39 is 23.8 Å². The van der Waals surface area contributed by atoms with Crippen LogP contribution in [0.15, 0.2) is 42.7 Å². The third-order valence-electron chi connectivity index (χ3n) is 5.71. The standard InChI is InChI=1S/C21H21F3N4O4/c22-21(23,24)31-15-3-4-17(16(25)10-15)27-18(29)13-5-7-20(8-6-13)12-28(19(30)32-20)14-2-1-9-26-11-14/h1-4,9-11,13H,5-8,12,25H2,(H,27,29). The van der Waals surface area contributed by atoms with Crippen LogP contribution in [0.4, 0.5) is 35.0 Å². The van der Waals surface area contributed by atoms with E-state index >= 15 is 0 Å². The first-order chi connectivity index (χ1) is 15.1. The summed E-state index contributed by atoms with van der Waals surface area (Å²) >= 11 is 0. The second-order valence-electron chi connectivity index (χ2n) is 7.91. The van der Waals surface area contributed by atoms with Crippen LogP contribution in [0.2, 0.25) is 0 Å². The molecule has 3 N–H and O–H groups in total. The highest BCUT2D eigenvalue weighted by Gasteiger charge is 2.48. The van der Waals surface area contributed by atoms with Gasteiger partial charge in [-0.2, -0.15) is 0 Å². The predicted octanol–water partition coefficient (Wildman–Crippen LogP) is 4.09. The number of pyridine rings is 1. The quantitative estimate of drug-likeness (QED) is 0.680. The Kier molecular flexibility index (Phi) is 5.57. The maximum absolute atomic E-state index is 12.7. The van der Waals surface area contributed by atoms with Gasteiger partial charge in [-0.3, -0.25) is 14.7 Å². The van der Waals surface area contributed by atoms with Crippen molar-refractivity contribution in [3.8, 4) is 5.75 Å². The van der Waals surface area contributed by atoms with Gasteiger partial charge in [-0.1, -0.05) is 0 Å². The summed E-state index contributed by atoms with van der Waals surface area (Å²) in [5.41, 5.74) is 5.94. The van der Waals surface area contributed by atoms with Gasteiger partial charge in [-0.05, 0) is 49.9 Å². The Hall–Kier alpha value is -3.50. The Balaban J connectivity index is 1.35. The second-order valence-corrected chi connectivity index (χ2v) is 7.91. The van der Waals surface area contributed by atoms with E-state index in [1.807, 2.05) is 0 Å². The van der Waals surface area contributed by atoms with Crippen molar-refractivity contribution in [2.45, 2.75) is 37.6 Å². The number of nitrogens with one attached hydrogen (secondary N) is 1. The molecule has 11 heteroatoms. The third-order valence-corrected chi connectivity index (χ3v) is 5.71. The van der Waals surface area contributed by atoms with Crippen LogP contribution in [0.25, 0.3) is 0 Å². The van der Waals surface area contributed by atoms with Gasteiger partial charge in [0.1, 0.15) is 11.4 Å². The van der Waals surface area contributed by atoms with Crippen molar-refractivity contribution in [3.05, 3.63) is 42.7 Å². The van der Waals surface area contributed by atoms with Gasteiger partial charge >= 0.3 is 12.5 Å². The van der Waals surface area contributed by atoms with Crippen molar-refractivity contribution in [2.24, 2.45) is 5.92 Å². The molecule has 4 rings (SSSR count). The van der Waals surface area contributed by atoms with Crippen LogP contribution in [0.1, 0.15) is 25.7 Å². The number of carbonyl (C=O) groups is 2. The molecule has 1 aromatic heterocycles. The largest absolute Gasteiger partial charge is 0.573 e. The fourth-order valence-corrected chi connectivity index (χ4v) is 4.09. The van der Waals surface area contributed by atoms with Crippen LogP contribution < -0.4 is 20.7 Å². The van der Waals surface area contributed by atoms with Gasteiger partial charge in [0, 0.05) is 18.2 Å². The van der Waals surface area contributed by atoms with Crippen molar-refractivity contribution < 1.29 is 32.2 Å². The molecule has 0 unspecified atom stereocenters. The van der Waals surface area contributed by atoms with Gasteiger partial charge in [0.25, 0.3) is 0 Å². The zero-order valence-electron chi connectivity index (χ0n) is 16.9. The fourth-order valence-electron chi connectivity index (χ4n) is 4.09. The summed E-state index contributed by atoms with van der Waals surface area (Å²) in [4.78, 5) is 30.6. The lowest BCUT2D eigenvalue weighted by Crippen LogP contribution is -2.41. The first-order valence-corrected chi connectivity index (χ1v) is 10.0. The summed E-state index contributed by atoms with van der Waals surface area (Å²) in [6, 6.07) is 6.87. The number of ether oxygens (including phenoxy) is 2. The lowest BCUT2D eigenvalue weighted by molar-refractivity contribution is -0.274. The van der Waals surface area contributed by atoms with Crippen molar-refractivity contribution in [1.29, 1.82) is 0 Å². The van der Waals surface area contributed by atoms with Crippen LogP contribution in [0, 0.1) is 5.92 Å². The second kappa shape index (κ2) is 8.21. The van der Waals surface area contributed by atoms with Gasteiger partial charge < -0.3 is 20.5 Å². The monoisotopic (exact) mass is 450 g/mol. The van der Waals surface area contributed by atoms with E-state index in [9.17, 15) is 22.8 Å². The number of nitrogens with two attached hydrogens (primary N) is 1. The number of hydrogen-bond acceptors (Lipinski definition) is 6. The van der Waals surface area contributed by atoms with Gasteiger partial charge in [0.2, 0.25) is 5.91 Å². The molecule has 1 saturated heterocycles. The molecule has 170 valence electrons. The number of nitrogen functional groups attached to an aromatic ring is 1. The average Bonchev–Trinajstić information content (AvgIpc) is 3.05. The molecule has 2 heterocycles. The minimum atomic E-state index is -4.83. The molecule has 8 nitrogen and oxygen atoms in total. The zero-order chi connectivity index (χ0) is 22.9. The van der Waals surface area contributed by atoms with E-state index in [0.29, 0.717) is 37.9 Å². The van der Waals surface area contributed by atoms with Gasteiger partial charge in [0.15, 0.2) is 0 Å². The molecular formula is C21H21F3N4O4. The maximum atomic E-state index is 12.7. The molecule has 1 aromatic carbocycles. The Morgan fingerprint density at radius 2 is 2.03 bits per heavy atom.